The van der Waals surface area contributed by atoms with E-state index in [4.69, 9.17) is 21.2 Å². The Morgan fingerprint density at radius 2 is 2.47 bits per heavy atom. The Balaban J connectivity index is 2.15. The minimum Gasteiger partial charge on any atom is -0.495 e. The molecule has 1 fully saturated rings. The van der Waals surface area contributed by atoms with Gasteiger partial charge in [0.25, 0.3) is 0 Å². The molecule has 1 aromatic rings. The largest absolute Gasteiger partial charge is 0.495 e. The number of benzene rings is 1. The topological polar surface area (TPSA) is 30.5 Å². The summed E-state index contributed by atoms with van der Waals surface area (Å²) < 4.78 is 5.29. The molecular formula is C11H14ClNO2. The average molecular weight is 228 g/mol. The molecule has 1 atom stereocenters. The Morgan fingerprint density at radius 3 is 3.13 bits per heavy atom. The summed E-state index contributed by atoms with van der Waals surface area (Å²) >= 11 is 6.04. The van der Waals surface area contributed by atoms with E-state index in [9.17, 15) is 0 Å². The quantitative estimate of drug-likeness (QED) is 0.859. The Kier molecular flexibility index (Phi) is 3.46. The molecule has 0 amide bonds. The van der Waals surface area contributed by atoms with Gasteiger partial charge in [0.05, 0.1) is 18.7 Å². The van der Waals surface area contributed by atoms with Gasteiger partial charge in [0, 0.05) is 6.04 Å². The van der Waals surface area contributed by atoms with E-state index in [1.807, 2.05) is 18.2 Å². The van der Waals surface area contributed by atoms with Crippen LogP contribution < -0.4 is 10.2 Å². The minimum absolute atomic E-state index is 0.359. The van der Waals surface area contributed by atoms with Gasteiger partial charge in [-0.1, -0.05) is 23.7 Å². The number of nitrogens with one attached hydrogen (secondary N) is 1. The number of hydroxylamine groups is 1. The average Bonchev–Trinajstić information content (AvgIpc) is 2.71. The molecule has 4 heteroatoms. The van der Waals surface area contributed by atoms with Gasteiger partial charge in [-0.3, -0.25) is 0 Å². The Bertz CT molecular complexity index is 337. The van der Waals surface area contributed by atoms with Crippen molar-refractivity contribution in [2.24, 2.45) is 0 Å². The second-order valence-electron chi connectivity index (χ2n) is 3.59. The lowest BCUT2D eigenvalue weighted by Gasteiger charge is -2.13. The van der Waals surface area contributed by atoms with Crippen molar-refractivity contribution in [2.75, 3.05) is 13.7 Å². The molecule has 1 aromatic carbocycles. The molecule has 1 heterocycles. The van der Waals surface area contributed by atoms with Crippen molar-refractivity contribution in [3.05, 3.63) is 28.8 Å². The van der Waals surface area contributed by atoms with Gasteiger partial charge in [-0.25, -0.2) is 0 Å². The van der Waals surface area contributed by atoms with Gasteiger partial charge in [-0.15, -0.1) is 0 Å². The fourth-order valence-electron chi connectivity index (χ4n) is 1.79. The van der Waals surface area contributed by atoms with Gasteiger partial charge in [-0.2, -0.15) is 5.48 Å². The molecule has 0 saturated carbocycles. The van der Waals surface area contributed by atoms with E-state index < -0.39 is 0 Å². The van der Waals surface area contributed by atoms with E-state index in [2.05, 4.69) is 5.48 Å². The number of halogens is 1. The minimum atomic E-state index is 0.359. The second kappa shape index (κ2) is 4.84. The van der Waals surface area contributed by atoms with Crippen LogP contribution >= 0.6 is 11.6 Å². The summed E-state index contributed by atoms with van der Waals surface area (Å²) in [6, 6.07) is 6.17. The van der Waals surface area contributed by atoms with E-state index in [0.717, 1.165) is 30.8 Å². The van der Waals surface area contributed by atoms with Crippen LogP contribution in [0.3, 0.4) is 0 Å². The molecule has 0 aliphatic carbocycles. The van der Waals surface area contributed by atoms with Crippen LogP contribution in [0.25, 0.3) is 0 Å². The van der Waals surface area contributed by atoms with Crippen molar-refractivity contribution in [2.45, 2.75) is 18.9 Å². The lowest BCUT2D eigenvalue weighted by Crippen LogP contribution is -2.22. The van der Waals surface area contributed by atoms with E-state index in [0.29, 0.717) is 11.1 Å². The van der Waals surface area contributed by atoms with Crippen molar-refractivity contribution in [3.8, 4) is 5.75 Å². The number of rotatable bonds is 3. The maximum atomic E-state index is 6.04. The highest BCUT2D eigenvalue weighted by atomic mass is 35.5. The molecule has 1 aliphatic rings. The lowest BCUT2D eigenvalue weighted by molar-refractivity contribution is 0.0882. The van der Waals surface area contributed by atoms with Crippen molar-refractivity contribution in [3.63, 3.8) is 0 Å². The molecule has 0 unspecified atom stereocenters. The number of hydrogen-bond donors (Lipinski definition) is 1. The normalized spacial score (nSPS) is 20.5. The molecule has 15 heavy (non-hydrogen) atoms. The van der Waals surface area contributed by atoms with E-state index >= 15 is 0 Å². The second-order valence-corrected chi connectivity index (χ2v) is 4.00. The van der Waals surface area contributed by atoms with Gasteiger partial charge in [0.15, 0.2) is 0 Å². The first-order chi connectivity index (χ1) is 7.31. The van der Waals surface area contributed by atoms with Gasteiger partial charge >= 0.3 is 0 Å². The van der Waals surface area contributed by atoms with Gasteiger partial charge in [0.2, 0.25) is 0 Å². The summed E-state index contributed by atoms with van der Waals surface area (Å²) in [7, 11) is 1.64. The predicted octanol–water partition coefficient (Wildman–Crippen LogP) is 2.18. The number of ether oxygens (including phenoxy) is 1. The number of para-hydroxylation sites is 1. The highest BCUT2D eigenvalue weighted by molar-refractivity contribution is 6.32. The predicted molar refractivity (Wildman–Crippen MR) is 59.2 cm³/mol. The van der Waals surface area contributed by atoms with Crippen molar-refractivity contribution >= 4 is 11.6 Å². The van der Waals surface area contributed by atoms with Gasteiger partial charge in [0.1, 0.15) is 5.75 Å². The monoisotopic (exact) mass is 227 g/mol. The third kappa shape index (κ3) is 2.43. The van der Waals surface area contributed by atoms with Crippen LogP contribution in [0.4, 0.5) is 0 Å². The third-order valence-corrected chi connectivity index (χ3v) is 2.83. The maximum Gasteiger partial charge on any atom is 0.140 e. The van der Waals surface area contributed by atoms with Crippen molar-refractivity contribution in [1.82, 2.24) is 5.48 Å². The number of hydrogen-bond acceptors (Lipinski definition) is 3. The highest BCUT2D eigenvalue weighted by Crippen LogP contribution is 2.29. The summed E-state index contributed by atoms with van der Waals surface area (Å²) in [6.45, 7) is 0.771. The van der Waals surface area contributed by atoms with E-state index in [1.165, 1.54) is 0 Å². The first kappa shape index (κ1) is 10.7. The standard InChI is InChI=1S/C11H14ClNO2/c1-14-11-8(3-2-4-10(11)12)7-9-5-6-15-13-9/h2-4,9,13H,5-7H2,1H3/t9-/m1/s1. The van der Waals surface area contributed by atoms with Crippen LogP contribution in [0.15, 0.2) is 18.2 Å². The van der Waals surface area contributed by atoms with Crippen molar-refractivity contribution < 1.29 is 9.57 Å². The van der Waals surface area contributed by atoms with Crippen LogP contribution in [0, 0.1) is 0 Å². The first-order valence-electron chi connectivity index (χ1n) is 5.00. The summed E-state index contributed by atoms with van der Waals surface area (Å²) in [5.41, 5.74) is 4.10. The number of methoxy groups -OCH3 is 1. The smallest absolute Gasteiger partial charge is 0.140 e. The highest BCUT2D eigenvalue weighted by Gasteiger charge is 2.18. The molecule has 0 aromatic heterocycles. The molecule has 0 bridgehead atoms. The molecule has 1 N–H and O–H groups in total. The van der Waals surface area contributed by atoms with Crippen LogP contribution in [-0.2, 0) is 11.3 Å². The SMILES string of the molecule is COc1c(Cl)cccc1C[C@H]1CCON1. The van der Waals surface area contributed by atoms with Crippen LogP contribution in [-0.4, -0.2) is 19.8 Å². The summed E-state index contributed by atoms with van der Waals surface area (Å²) in [4.78, 5) is 5.11. The molecule has 1 aliphatic heterocycles. The van der Waals surface area contributed by atoms with Gasteiger partial charge in [-0.05, 0) is 24.5 Å². The zero-order valence-corrected chi connectivity index (χ0v) is 9.38. The van der Waals surface area contributed by atoms with Crippen molar-refractivity contribution in [1.29, 1.82) is 0 Å². The lowest BCUT2D eigenvalue weighted by atomic mass is 10.0. The van der Waals surface area contributed by atoms with Crippen LogP contribution in [0.2, 0.25) is 5.02 Å². The first-order valence-corrected chi connectivity index (χ1v) is 5.37. The fraction of sp³-hybridized carbons (Fsp3) is 0.455. The molecule has 0 spiro atoms. The Morgan fingerprint density at radius 1 is 1.60 bits per heavy atom. The zero-order valence-electron chi connectivity index (χ0n) is 8.63. The summed E-state index contributed by atoms with van der Waals surface area (Å²) in [6.07, 6.45) is 1.90. The third-order valence-electron chi connectivity index (χ3n) is 2.54. The summed E-state index contributed by atoms with van der Waals surface area (Å²) in [5.74, 6) is 0.771. The van der Waals surface area contributed by atoms with E-state index in [1.54, 1.807) is 7.11 Å². The van der Waals surface area contributed by atoms with Crippen LogP contribution in [0.1, 0.15) is 12.0 Å². The molecule has 0 radical (unpaired) electrons. The molecule has 3 nitrogen and oxygen atoms in total. The fourth-order valence-corrected chi connectivity index (χ4v) is 2.06. The summed E-state index contributed by atoms with van der Waals surface area (Å²) in [5, 5.41) is 0.661. The maximum absolute atomic E-state index is 6.04. The Labute approximate surface area is 94.3 Å². The Hall–Kier alpha value is -0.770. The molecule has 1 saturated heterocycles. The molecule has 2 rings (SSSR count). The molecule has 82 valence electrons. The van der Waals surface area contributed by atoms with Crippen LogP contribution in [0.5, 0.6) is 5.75 Å². The molecular weight excluding hydrogens is 214 g/mol. The zero-order chi connectivity index (χ0) is 10.7. The van der Waals surface area contributed by atoms with Gasteiger partial charge < -0.3 is 9.57 Å². The van der Waals surface area contributed by atoms with E-state index in [-0.39, 0.29) is 0 Å².